The van der Waals surface area contributed by atoms with Crippen molar-refractivity contribution in [2.45, 2.75) is 25.9 Å². The molecule has 0 aromatic carbocycles. The molecule has 0 saturated carbocycles. The average molecular weight is 315 g/mol. The molecule has 1 aromatic rings. The van der Waals surface area contributed by atoms with E-state index in [1.165, 1.54) is 0 Å². The largest absolute Gasteiger partial charge is 0.377 e. The van der Waals surface area contributed by atoms with Gasteiger partial charge in [-0.15, -0.1) is 0 Å². The van der Waals surface area contributed by atoms with Gasteiger partial charge in [-0.3, -0.25) is 0 Å². The van der Waals surface area contributed by atoms with E-state index in [-0.39, 0.29) is 0 Å². The van der Waals surface area contributed by atoms with Gasteiger partial charge < -0.3 is 15.0 Å². The zero-order chi connectivity index (χ0) is 13.0. The number of nitrogens with zero attached hydrogens (tertiary/aromatic N) is 3. The van der Waals surface area contributed by atoms with Crippen LogP contribution in [0.2, 0.25) is 0 Å². The Morgan fingerprint density at radius 3 is 3.17 bits per heavy atom. The van der Waals surface area contributed by atoms with E-state index in [2.05, 4.69) is 36.1 Å². The van der Waals surface area contributed by atoms with E-state index in [1.807, 2.05) is 14.0 Å². The molecule has 1 atom stereocenters. The summed E-state index contributed by atoms with van der Waals surface area (Å²) < 4.78 is 6.64. The molecule has 1 aliphatic rings. The number of ether oxygens (including phenoxy) is 1. The molecular formula is C12H19BrN4O. The highest BCUT2D eigenvalue weighted by atomic mass is 79.9. The van der Waals surface area contributed by atoms with Crippen molar-refractivity contribution in [3.63, 3.8) is 0 Å². The van der Waals surface area contributed by atoms with Crippen molar-refractivity contribution in [2.75, 3.05) is 37.0 Å². The van der Waals surface area contributed by atoms with E-state index in [9.17, 15) is 0 Å². The predicted octanol–water partition coefficient (Wildman–Crippen LogP) is 2.29. The minimum atomic E-state index is 0.309. The summed E-state index contributed by atoms with van der Waals surface area (Å²) in [6, 6.07) is 0. The Balaban J connectivity index is 2.14. The molecule has 18 heavy (non-hydrogen) atoms. The van der Waals surface area contributed by atoms with Crippen LogP contribution >= 0.6 is 15.9 Å². The second kappa shape index (κ2) is 6.33. The van der Waals surface area contributed by atoms with Crippen molar-refractivity contribution in [2.24, 2.45) is 0 Å². The number of hydrogen-bond donors (Lipinski definition) is 1. The number of anilines is 2. The van der Waals surface area contributed by atoms with Crippen molar-refractivity contribution in [3.05, 3.63) is 10.7 Å². The zero-order valence-corrected chi connectivity index (χ0v) is 12.4. The van der Waals surface area contributed by atoms with Crippen molar-refractivity contribution < 1.29 is 4.74 Å². The van der Waals surface area contributed by atoms with Gasteiger partial charge in [0.05, 0.1) is 10.6 Å². The maximum Gasteiger partial charge on any atom is 0.224 e. The molecule has 100 valence electrons. The summed E-state index contributed by atoms with van der Waals surface area (Å²) in [5, 5.41) is 2.97. The first-order valence-corrected chi connectivity index (χ1v) is 7.10. The zero-order valence-electron chi connectivity index (χ0n) is 10.8. The fourth-order valence-corrected chi connectivity index (χ4v) is 2.64. The Morgan fingerprint density at radius 1 is 1.61 bits per heavy atom. The van der Waals surface area contributed by atoms with Crippen LogP contribution in [0.15, 0.2) is 10.7 Å². The van der Waals surface area contributed by atoms with Gasteiger partial charge in [-0.05, 0) is 35.7 Å². The smallest absolute Gasteiger partial charge is 0.224 e. The van der Waals surface area contributed by atoms with E-state index in [0.29, 0.717) is 12.1 Å². The number of hydrogen-bond acceptors (Lipinski definition) is 5. The molecule has 1 saturated heterocycles. The second-order valence-electron chi connectivity index (χ2n) is 4.28. The standard InChI is InChI=1S/C12H19BrN4O/c1-3-18-9-5-4-6-17(8-9)11-10(13)7-15-12(14-2)16-11/h7,9H,3-6,8H2,1-2H3,(H,14,15,16). The second-order valence-corrected chi connectivity index (χ2v) is 5.14. The third kappa shape index (κ3) is 3.11. The molecule has 0 radical (unpaired) electrons. The lowest BCUT2D eigenvalue weighted by molar-refractivity contribution is 0.0525. The molecule has 1 unspecified atom stereocenters. The Morgan fingerprint density at radius 2 is 2.44 bits per heavy atom. The van der Waals surface area contributed by atoms with Gasteiger partial charge in [-0.25, -0.2) is 4.98 Å². The van der Waals surface area contributed by atoms with Gasteiger partial charge in [-0.2, -0.15) is 4.98 Å². The number of nitrogens with one attached hydrogen (secondary N) is 1. The van der Waals surface area contributed by atoms with Crippen LogP contribution in [-0.4, -0.2) is 42.8 Å². The molecule has 0 spiro atoms. The van der Waals surface area contributed by atoms with Crippen molar-refractivity contribution in [1.82, 2.24) is 9.97 Å². The SMILES string of the molecule is CCOC1CCCN(c2nc(NC)ncc2Br)C1. The highest BCUT2D eigenvalue weighted by Crippen LogP contribution is 2.27. The lowest BCUT2D eigenvalue weighted by Gasteiger charge is -2.33. The van der Waals surface area contributed by atoms with E-state index in [4.69, 9.17) is 4.74 Å². The highest BCUT2D eigenvalue weighted by Gasteiger charge is 2.23. The fourth-order valence-electron chi connectivity index (χ4n) is 2.20. The van der Waals surface area contributed by atoms with Crippen LogP contribution in [0.3, 0.4) is 0 Å². The van der Waals surface area contributed by atoms with Crippen molar-refractivity contribution in [1.29, 1.82) is 0 Å². The summed E-state index contributed by atoms with van der Waals surface area (Å²) in [5.74, 6) is 1.59. The monoisotopic (exact) mass is 314 g/mol. The van der Waals surface area contributed by atoms with Crippen LogP contribution < -0.4 is 10.2 Å². The number of halogens is 1. The molecule has 1 aromatic heterocycles. The summed E-state index contributed by atoms with van der Waals surface area (Å²) in [6.45, 7) is 4.72. The third-order valence-electron chi connectivity index (χ3n) is 3.03. The van der Waals surface area contributed by atoms with Crippen molar-refractivity contribution >= 4 is 27.7 Å². The fraction of sp³-hybridized carbons (Fsp3) is 0.667. The molecule has 0 bridgehead atoms. The maximum absolute atomic E-state index is 5.71. The maximum atomic E-state index is 5.71. The molecule has 0 amide bonds. The lowest BCUT2D eigenvalue weighted by Crippen LogP contribution is -2.40. The normalized spacial score (nSPS) is 19.9. The minimum Gasteiger partial charge on any atom is -0.377 e. The summed E-state index contributed by atoms with van der Waals surface area (Å²) in [7, 11) is 1.83. The molecule has 1 aliphatic heterocycles. The van der Waals surface area contributed by atoms with Gasteiger partial charge in [0, 0.05) is 32.9 Å². The summed E-state index contributed by atoms with van der Waals surface area (Å²) >= 11 is 3.52. The summed E-state index contributed by atoms with van der Waals surface area (Å²) in [5.41, 5.74) is 0. The van der Waals surface area contributed by atoms with Crippen LogP contribution in [0, 0.1) is 0 Å². The topological polar surface area (TPSA) is 50.3 Å². The van der Waals surface area contributed by atoms with E-state index in [1.54, 1.807) is 6.20 Å². The van der Waals surface area contributed by atoms with E-state index >= 15 is 0 Å². The van der Waals surface area contributed by atoms with Crippen LogP contribution in [-0.2, 0) is 4.74 Å². The molecule has 6 heteroatoms. The number of piperidine rings is 1. The Labute approximate surface area is 116 Å². The van der Waals surface area contributed by atoms with Gasteiger partial charge >= 0.3 is 0 Å². The Kier molecular flexibility index (Phi) is 4.77. The van der Waals surface area contributed by atoms with Gasteiger partial charge in [0.15, 0.2) is 0 Å². The molecule has 5 nitrogen and oxygen atoms in total. The number of aromatic nitrogens is 2. The van der Waals surface area contributed by atoms with Gasteiger partial charge in [0.25, 0.3) is 0 Å². The quantitative estimate of drug-likeness (QED) is 0.924. The van der Waals surface area contributed by atoms with Gasteiger partial charge in [0.2, 0.25) is 5.95 Å². The van der Waals surface area contributed by atoms with Gasteiger partial charge in [-0.1, -0.05) is 0 Å². The summed E-state index contributed by atoms with van der Waals surface area (Å²) in [6.07, 6.45) is 4.36. The number of rotatable bonds is 4. The van der Waals surface area contributed by atoms with E-state index in [0.717, 1.165) is 42.8 Å². The lowest BCUT2D eigenvalue weighted by atomic mass is 10.1. The third-order valence-corrected chi connectivity index (χ3v) is 3.59. The average Bonchev–Trinajstić information content (AvgIpc) is 2.40. The summed E-state index contributed by atoms with van der Waals surface area (Å²) in [4.78, 5) is 11.0. The Bertz CT molecular complexity index is 400. The molecule has 1 fully saturated rings. The molecule has 1 N–H and O–H groups in total. The molecule has 2 heterocycles. The van der Waals surface area contributed by atoms with Gasteiger partial charge in [0.1, 0.15) is 5.82 Å². The molecule has 2 rings (SSSR count). The Hall–Kier alpha value is -0.880. The highest BCUT2D eigenvalue weighted by molar-refractivity contribution is 9.10. The first-order valence-electron chi connectivity index (χ1n) is 6.31. The molecular weight excluding hydrogens is 296 g/mol. The molecule has 0 aliphatic carbocycles. The first kappa shape index (κ1) is 13.5. The van der Waals surface area contributed by atoms with Crippen LogP contribution in [0.4, 0.5) is 11.8 Å². The first-order chi connectivity index (χ1) is 8.74. The minimum absolute atomic E-state index is 0.309. The van der Waals surface area contributed by atoms with Crippen molar-refractivity contribution in [3.8, 4) is 0 Å². The van der Waals surface area contributed by atoms with Crippen LogP contribution in [0.25, 0.3) is 0 Å². The van der Waals surface area contributed by atoms with Crippen LogP contribution in [0.5, 0.6) is 0 Å². The van der Waals surface area contributed by atoms with Crippen LogP contribution in [0.1, 0.15) is 19.8 Å². The predicted molar refractivity (Wildman–Crippen MR) is 76.1 cm³/mol. The van der Waals surface area contributed by atoms with E-state index < -0.39 is 0 Å².